The molecule has 28 heavy (non-hydrogen) atoms. The SMILES string of the molecule is Cc1ccc(S(=O)(=O)N2CCC[C@@H](C(=O)Nc3cccc(C)c3C)C2)cc1Cl. The van der Waals surface area contributed by atoms with Crippen molar-refractivity contribution < 1.29 is 13.2 Å². The third-order valence-corrected chi connectivity index (χ3v) is 7.67. The van der Waals surface area contributed by atoms with Crippen molar-refractivity contribution in [3.8, 4) is 0 Å². The maximum absolute atomic E-state index is 13.0. The van der Waals surface area contributed by atoms with Gasteiger partial charge in [0.15, 0.2) is 0 Å². The van der Waals surface area contributed by atoms with Crippen LogP contribution in [0.25, 0.3) is 0 Å². The summed E-state index contributed by atoms with van der Waals surface area (Å²) in [5.74, 6) is -0.528. The molecule has 0 unspecified atom stereocenters. The molecule has 1 aliphatic heterocycles. The van der Waals surface area contributed by atoms with Crippen LogP contribution in [0.1, 0.15) is 29.5 Å². The first-order chi connectivity index (χ1) is 13.2. The lowest BCUT2D eigenvalue weighted by atomic mass is 9.98. The lowest BCUT2D eigenvalue weighted by Crippen LogP contribution is -2.43. The van der Waals surface area contributed by atoms with Crippen molar-refractivity contribution in [3.63, 3.8) is 0 Å². The van der Waals surface area contributed by atoms with Crippen LogP contribution in [0.15, 0.2) is 41.3 Å². The zero-order valence-corrected chi connectivity index (χ0v) is 17.9. The van der Waals surface area contributed by atoms with Gasteiger partial charge in [-0.25, -0.2) is 8.42 Å². The number of piperidine rings is 1. The molecule has 2 aromatic carbocycles. The Morgan fingerprint density at radius 1 is 1.14 bits per heavy atom. The van der Waals surface area contributed by atoms with Crippen molar-refractivity contribution >= 4 is 33.2 Å². The van der Waals surface area contributed by atoms with Gasteiger partial charge in [0.1, 0.15) is 0 Å². The van der Waals surface area contributed by atoms with Gasteiger partial charge in [0.05, 0.1) is 10.8 Å². The number of benzene rings is 2. The number of nitrogens with zero attached hydrogens (tertiary/aromatic N) is 1. The first-order valence-electron chi connectivity index (χ1n) is 9.33. The number of hydrogen-bond acceptors (Lipinski definition) is 3. The molecule has 1 saturated heterocycles. The second-order valence-electron chi connectivity index (χ2n) is 7.35. The number of carbonyl (C=O) groups is 1. The van der Waals surface area contributed by atoms with Crippen LogP contribution < -0.4 is 5.32 Å². The lowest BCUT2D eigenvalue weighted by Gasteiger charge is -2.31. The molecule has 3 rings (SSSR count). The fourth-order valence-electron chi connectivity index (χ4n) is 3.38. The van der Waals surface area contributed by atoms with Gasteiger partial charge in [-0.1, -0.05) is 29.8 Å². The van der Waals surface area contributed by atoms with Crippen molar-refractivity contribution in [2.24, 2.45) is 5.92 Å². The van der Waals surface area contributed by atoms with Gasteiger partial charge < -0.3 is 5.32 Å². The van der Waals surface area contributed by atoms with E-state index in [1.807, 2.05) is 39.0 Å². The molecule has 1 atom stereocenters. The highest BCUT2D eigenvalue weighted by atomic mass is 35.5. The number of rotatable bonds is 4. The molecule has 2 aromatic rings. The Labute approximate surface area is 171 Å². The fraction of sp³-hybridized carbons (Fsp3) is 0.381. The minimum Gasteiger partial charge on any atom is -0.326 e. The molecule has 150 valence electrons. The number of aryl methyl sites for hydroxylation is 2. The number of anilines is 1. The zero-order chi connectivity index (χ0) is 20.5. The van der Waals surface area contributed by atoms with E-state index >= 15 is 0 Å². The minimum absolute atomic E-state index is 0.143. The first kappa shape index (κ1) is 20.8. The predicted molar refractivity (Wildman–Crippen MR) is 112 cm³/mol. The van der Waals surface area contributed by atoms with Crippen LogP contribution >= 0.6 is 11.6 Å². The van der Waals surface area contributed by atoms with Crippen LogP contribution in [0.2, 0.25) is 5.02 Å². The average molecular weight is 421 g/mol. The summed E-state index contributed by atoms with van der Waals surface area (Å²) in [6.45, 7) is 6.36. The van der Waals surface area contributed by atoms with Crippen molar-refractivity contribution in [2.75, 3.05) is 18.4 Å². The van der Waals surface area contributed by atoms with Crippen molar-refractivity contribution in [2.45, 2.75) is 38.5 Å². The molecule has 0 spiro atoms. The molecule has 0 saturated carbocycles. The molecule has 5 nitrogen and oxygen atoms in total. The molecule has 1 heterocycles. The van der Waals surface area contributed by atoms with Crippen molar-refractivity contribution in [1.82, 2.24) is 4.31 Å². The Morgan fingerprint density at radius 3 is 2.61 bits per heavy atom. The van der Waals surface area contributed by atoms with E-state index in [4.69, 9.17) is 11.6 Å². The van der Waals surface area contributed by atoms with Crippen LogP contribution in [0.4, 0.5) is 5.69 Å². The Balaban J connectivity index is 1.76. The summed E-state index contributed by atoms with van der Waals surface area (Å²) in [6, 6.07) is 10.5. The molecule has 0 bridgehead atoms. The summed E-state index contributed by atoms with van der Waals surface area (Å²) >= 11 is 6.11. The molecule has 0 aromatic heterocycles. The first-order valence-corrected chi connectivity index (χ1v) is 11.2. The highest BCUT2D eigenvalue weighted by Gasteiger charge is 2.33. The topological polar surface area (TPSA) is 66.5 Å². The number of nitrogens with one attached hydrogen (secondary N) is 1. The Bertz CT molecular complexity index is 1000. The number of carbonyl (C=O) groups excluding carboxylic acids is 1. The quantitative estimate of drug-likeness (QED) is 0.801. The van der Waals surface area contributed by atoms with Gasteiger partial charge in [0.2, 0.25) is 15.9 Å². The monoisotopic (exact) mass is 420 g/mol. The fourth-order valence-corrected chi connectivity index (χ4v) is 5.17. The van der Waals surface area contributed by atoms with E-state index in [1.165, 1.54) is 10.4 Å². The molecular formula is C21H25ClN2O3S. The van der Waals surface area contributed by atoms with Crippen LogP contribution in [0.3, 0.4) is 0 Å². The molecule has 0 aliphatic carbocycles. The number of hydrogen-bond donors (Lipinski definition) is 1. The summed E-state index contributed by atoms with van der Waals surface area (Å²) in [7, 11) is -3.69. The van der Waals surface area contributed by atoms with Crippen LogP contribution in [0.5, 0.6) is 0 Å². The van der Waals surface area contributed by atoms with Crippen LogP contribution in [-0.2, 0) is 14.8 Å². The second kappa shape index (κ2) is 8.23. The smallest absolute Gasteiger partial charge is 0.243 e. The van der Waals surface area contributed by atoms with Crippen LogP contribution in [0, 0.1) is 26.7 Å². The Hall–Kier alpha value is -1.89. The van der Waals surface area contributed by atoms with Gasteiger partial charge in [0.25, 0.3) is 0 Å². The van der Waals surface area contributed by atoms with Gasteiger partial charge in [-0.2, -0.15) is 4.31 Å². The third-order valence-electron chi connectivity index (χ3n) is 5.40. The molecule has 1 amide bonds. The van der Waals surface area contributed by atoms with E-state index in [0.29, 0.717) is 24.4 Å². The normalized spacial score (nSPS) is 18.1. The van der Waals surface area contributed by atoms with E-state index < -0.39 is 10.0 Å². The summed E-state index contributed by atoms with van der Waals surface area (Å²) in [5, 5.41) is 3.39. The van der Waals surface area contributed by atoms with E-state index in [2.05, 4.69) is 5.32 Å². The largest absolute Gasteiger partial charge is 0.326 e. The minimum atomic E-state index is -3.69. The molecule has 1 N–H and O–H groups in total. The summed E-state index contributed by atoms with van der Waals surface area (Å²) in [5.41, 5.74) is 3.72. The van der Waals surface area contributed by atoms with Crippen molar-refractivity contribution in [3.05, 3.63) is 58.1 Å². The Morgan fingerprint density at radius 2 is 1.89 bits per heavy atom. The van der Waals surface area contributed by atoms with Gasteiger partial charge in [0, 0.05) is 23.8 Å². The van der Waals surface area contributed by atoms with E-state index in [1.54, 1.807) is 12.1 Å². The maximum Gasteiger partial charge on any atom is 0.243 e. The van der Waals surface area contributed by atoms with Gasteiger partial charge >= 0.3 is 0 Å². The van der Waals surface area contributed by atoms with Gasteiger partial charge in [-0.3, -0.25) is 4.79 Å². The summed E-state index contributed by atoms with van der Waals surface area (Å²) in [4.78, 5) is 13.0. The summed E-state index contributed by atoms with van der Waals surface area (Å²) < 4.78 is 27.4. The molecule has 1 fully saturated rings. The Kier molecular flexibility index (Phi) is 6.12. The average Bonchev–Trinajstić information content (AvgIpc) is 2.67. The molecule has 0 radical (unpaired) electrons. The van der Waals surface area contributed by atoms with E-state index in [0.717, 1.165) is 22.4 Å². The van der Waals surface area contributed by atoms with Crippen molar-refractivity contribution in [1.29, 1.82) is 0 Å². The predicted octanol–water partition coefficient (Wildman–Crippen LogP) is 4.30. The zero-order valence-electron chi connectivity index (χ0n) is 16.3. The number of amides is 1. The highest BCUT2D eigenvalue weighted by molar-refractivity contribution is 7.89. The van der Waals surface area contributed by atoms with Crippen LogP contribution in [-0.4, -0.2) is 31.7 Å². The standard InChI is InChI=1S/C21H25ClN2O3S/c1-14-6-4-8-20(16(14)3)23-21(25)17-7-5-11-24(13-17)28(26,27)18-10-9-15(2)19(22)12-18/h4,6,8-10,12,17H,5,7,11,13H2,1-3H3,(H,23,25)/t17-/m1/s1. The summed E-state index contributed by atoms with van der Waals surface area (Å²) in [6.07, 6.45) is 1.31. The number of sulfonamides is 1. The second-order valence-corrected chi connectivity index (χ2v) is 9.70. The highest BCUT2D eigenvalue weighted by Crippen LogP contribution is 2.28. The van der Waals surface area contributed by atoms with Gasteiger partial charge in [-0.05, 0) is 68.5 Å². The third kappa shape index (κ3) is 4.24. The number of halogens is 1. The maximum atomic E-state index is 13.0. The van der Waals surface area contributed by atoms with Gasteiger partial charge in [-0.15, -0.1) is 0 Å². The van der Waals surface area contributed by atoms with E-state index in [9.17, 15) is 13.2 Å². The lowest BCUT2D eigenvalue weighted by molar-refractivity contribution is -0.120. The molecular weight excluding hydrogens is 396 g/mol. The molecule has 7 heteroatoms. The van der Waals surface area contributed by atoms with E-state index in [-0.39, 0.29) is 23.3 Å². The molecule has 1 aliphatic rings.